The lowest BCUT2D eigenvalue weighted by atomic mass is 10.1. The number of anilines is 1. The van der Waals surface area contributed by atoms with Crippen LogP contribution in [0.5, 0.6) is 0 Å². The van der Waals surface area contributed by atoms with Crippen molar-refractivity contribution in [3.05, 3.63) is 65.0 Å². The quantitative estimate of drug-likeness (QED) is 0.751. The Balaban J connectivity index is 1.96. The van der Waals surface area contributed by atoms with E-state index in [1.54, 1.807) is 24.3 Å². The number of nitrogens with one attached hydrogen (secondary N) is 1. The number of sulfonamides is 1. The lowest BCUT2D eigenvalue weighted by molar-refractivity contribution is -0.120. The van der Waals surface area contributed by atoms with Gasteiger partial charge in [0.2, 0.25) is 15.9 Å². The highest BCUT2D eigenvalue weighted by molar-refractivity contribution is 7.92. The van der Waals surface area contributed by atoms with Gasteiger partial charge in [-0.2, -0.15) is 0 Å². The normalized spacial score (nSPS) is 11.3. The van der Waals surface area contributed by atoms with Crippen LogP contribution in [0.4, 0.5) is 10.1 Å². The first-order valence-electron chi connectivity index (χ1n) is 8.73. The van der Waals surface area contributed by atoms with Gasteiger partial charge in [-0.3, -0.25) is 9.10 Å². The number of nitrogens with zero attached hydrogens (tertiary/aromatic N) is 1. The molecule has 0 fully saturated rings. The Labute approximate surface area is 160 Å². The van der Waals surface area contributed by atoms with Crippen LogP contribution in [0.1, 0.15) is 23.1 Å². The van der Waals surface area contributed by atoms with Gasteiger partial charge in [0, 0.05) is 19.5 Å². The van der Waals surface area contributed by atoms with Crippen LogP contribution in [0, 0.1) is 19.7 Å². The molecular weight excluding hydrogens is 367 g/mol. The van der Waals surface area contributed by atoms with Gasteiger partial charge in [-0.25, -0.2) is 12.8 Å². The standard InChI is InChI=1S/C20H25FN2O3S/c1-15-8-9-16(2)19(14-15)23(27(3,25)26)13-11-20(24)22-12-10-17-6-4-5-7-18(17)21/h4-9,14H,10-13H2,1-3H3,(H,22,24). The minimum absolute atomic E-state index is 0.0255. The van der Waals surface area contributed by atoms with Gasteiger partial charge in [-0.1, -0.05) is 30.3 Å². The predicted molar refractivity (Wildman–Crippen MR) is 106 cm³/mol. The second-order valence-electron chi connectivity index (χ2n) is 6.57. The minimum atomic E-state index is -3.52. The molecule has 0 unspecified atom stereocenters. The fraction of sp³-hybridized carbons (Fsp3) is 0.350. The van der Waals surface area contributed by atoms with Crippen molar-refractivity contribution in [3.63, 3.8) is 0 Å². The Hall–Kier alpha value is -2.41. The van der Waals surface area contributed by atoms with Gasteiger partial charge in [-0.05, 0) is 49.1 Å². The molecule has 0 spiro atoms. The van der Waals surface area contributed by atoms with E-state index in [1.807, 2.05) is 26.0 Å². The molecule has 5 nitrogen and oxygen atoms in total. The zero-order valence-corrected chi connectivity index (χ0v) is 16.6. The Morgan fingerprint density at radius 3 is 2.52 bits per heavy atom. The van der Waals surface area contributed by atoms with Crippen molar-refractivity contribution in [1.82, 2.24) is 5.32 Å². The molecule has 0 aromatic heterocycles. The van der Waals surface area contributed by atoms with Gasteiger partial charge < -0.3 is 5.32 Å². The molecule has 0 saturated heterocycles. The van der Waals surface area contributed by atoms with E-state index < -0.39 is 10.0 Å². The molecule has 2 aromatic rings. The molecule has 1 N–H and O–H groups in total. The van der Waals surface area contributed by atoms with E-state index in [0.29, 0.717) is 24.2 Å². The number of aryl methyl sites for hydroxylation is 2. The van der Waals surface area contributed by atoms with Gasteiger partial charge in [0.1, 0.15) is 5.82 Å². The number of rotatable bonds is 8. The third-order valence-corrected chi connectivity index (χ3v) is 5.43. The number of benzene rings is 2. The SMILES string of the molecule is Cc1ccc(C)c(N(CCC(=O)NCCc2ccccc2F)S(C)(=O)=O)c1. The van der Waals surface area contributed by atoms with Crippen LogP contribution in [-0.2, 0) is 21.2 Å². The number of hydrogen-bond acceptors (Lipinski definition) is 3. The third kappa shape index (κ3) is 6.06. The first-order valence-corrected chi connectivity index (χ1v) is 10.6. The Morgan fingerprint density at radius 2 is 1.85 bits per heavy atom. The van der Waals surface area contributed by atoms with Crippen LogP contribution in [0.15, 0.2) is 42.5 Å². The number of carbonyl (C=O) groups is 1. The first-order chi connectivity index (χ1) is 12.7. The van der Waals surface area contributed by atoms with Crippen molar-refractivity contribution in [1.29, 1.82) is 0 Å². The molecule has 1 amide bonds. The minimum Gasteiger partial charge on any atom is -0.356 e. The van der Waals surface area contributed by atoms with E-state index in [2.05, 4.69) is 5.32 Å². The largest absolute Gasteiger partial charge is 0.356 e. The van der Waals surface area contributed by atoms with Crippen molar-refractivity contribution < 1.29 is 17.6 Å². The lowest BCUT2D eigenvalue weighted by Crippen LogP contribution is -2.35. The van der Waals surface area contributed by atoms with Crippen molar-refractivity contribution in [3.8, 4) is 0 Å². The fourth-order valence-electron chi connectivity index (χ4n) is 2.78. The van der Waals surface area contributed by atoms with Gasteiger partial charge in [0.25, 0.3) is 0 Å². The molecule has 2 aromatic carbocycles. The molecule has 2 rings (SSSR count). The predicted octanol–water partition coefficient (Wildman–Crippen LogP) is 2.96. The molecule has 7 heteroatoms. The number of amides is 1. The summed E-state index contributed by atoms with van der Waals surface area (Å²) in [6.45, 7) is 4.07. The number of carbonyl (C=O) groups excluding carboxylic acids is 1. The molecular formula is C20H25FN2O3S. The van der Waals surface area contributed by atoms with Crippen LogP contribution < -0.4 is 9.62 Å². The van der Waals surface area contributed by atoms with E-state index in [4.69, 9.17) is 0 Å². The molecule has 0 radical (unpaired) electrons. The summed E-state index contributed by atoms with van der Waals surface area (Å²) >= 11 is 0. The molecule has 0 saturated carbocycles. The van der Waals surface area contributed by atoms with Gasteiger partial charge in [-0.15, -0.1) is 0 Å². The third-order valence-electron chi connectivity index (χ3n) is 4.25. The van der Waals surface area contributed by atoms with Crippen molar-refractivity contribution >= 4 is 21.6 Å². The summed E-state index contributed by atoms with van der Waals surface area (Å²) in [6.07, 6.45) is 1.54. The average Bonchev–Trinajstić information content (AvgIpc) is 2.58. The van der Waals surface area contributed by atoms with Gasteiger partial charge in [0.05, 0.1) is 11.9 Å². The number of hydrogen-bond donors (Lipinski definition) is 1. The monoisotopic (exact) mass is 392 g/mol. The summed E-state index contributed by atoms with van der Waals surface area (Å²) < 4.78 is 39.2. The van der Waals surface area contributed by atoms with Crippen molar-refractivity contribution in [2.45, 2.75) is 26.7 Å². The van der Waals surface area contributed by atoms with Gasteiger partial charge in [0.15, 0.2) is 0 Å². The van der Waals surface area contributed by atoms with E-state index in [9.17, 15) is 17.6 Å². The molecule has 27 heavy (non-hydrogen) atoms. The summed E-state index contributed by atoms with van der Waals surface area (Å²) in [7, 11) is -3.52. The fourth-order valence-corrected chi connectivity index (χ4v) is 3.76. The van der Waals surface area contributed by atoms with Crippen LogP contribution >= 0.6 is 0 Å². The average molecular weight is 392 g/mol. The molecule has 0 aliphatic carbocycles. The van der Waals surface area contributed by atoms with Crippen LogP contribution in [0.25, 0.3) is 0 Å². The highest BCUT2D eigenvalue weighted by atomic mass is 32.2. The van der Waals surface area contributed by atoms with E-state index in [1.165, 1.54) is 10.4 Å². The Kier molecular flexibility index (Phi) is 6.96. The number of halogens is 1. The van der Waals surface area contributed by atoms with E-state index in [-0.39, 0.29) is 24.7 Å². The van der Waals surface area contributed by atoms with Crippen molar-refractivity contribution in [2.75, 3.05) is 23.7 Å². The highest BCUT2D eigenvalue weighted by Crippen LogP contribution is 2.24. The zero-order chi connectivity index (χ0) is 20.0. The summed E-state index contributed by atoms with van der Waals surface area (Å²) in [5.41, 5.74) is 2.88. The van der Waals surface area contributed by atoms with Gasteiger partial charge >= 0.3 is 0 Å². The molecule has 0 bridgehead atoms. The zero-order valence-electron chi connectivity index (χ0n) is 15.8. The summed E-state index contributed by atoms with van der Waals surface area (Å²) in [5, 5.41) is 2.72. The van der Waals surface area contributed by atoms with E-state index >= 15 is 0 Å². The summed E-state index contributed by atoms with van der Waals surface area (Å²) in [6, 6.07) is 12.0. The molecule has 146 valence electrons. The second kappa shape index (κ2) is 8.99. The first kappa shape index (κ1) is 20.9. The van der Waals surface area contributed by atoms with Crippen molar-refractivity contribution in [2.24, 2.45) is 0 Å². The molecule has 0 heterocycles. The van der Waals surface area contributed by atoms with Crippen LogP contribution in [0.3, 0.4) is 0 Å². The topological polar surface area (TPSA) is 66.5 Å². The molecule has 0 atom stereocenters. The smallest absolute Gasteiger partial charge is 0.232 e. The maximum atomic E-state index is 13.6. The Bertz CT molecular complexity index is 913. The van der Waals surface area contributed by atoms with Crippen LogP contribution in [0.2, 0.25) is 0 Å². The lowest BCUT2D eigenvalue weighted by Gasteiger charge is -2.24. The Morgan fingerprint density at radius 1 is 1.15 bits per heavy atom. The summed E-state index contributed by atoms with van der Waals surface area (Å²) in [5.74, 6) is -0.574. The second-order valence-corrected chi connectivity index (χ2v) is 8.47. The van der Waals surface area contributed by atoms with Crippen LogP contribution in [-0.4, -0.2) is 33.7 Å². The summed E-state index contributed by atoms with van der Waals surface area (Å²) in [4.78, 5) is 12.1. The maximum absolute atomic E-state index is 13.6. The van der Waals surface area contributed by atoms with E-state index in [0.717, 1.165) is 17.4 Å². The maximum Gasteiger partial charge on any atom is 0.232 e. The molecule has 0 aliphatic heterocycles. The highest BCUT2D eigenvalue weighted by Gasteiger charge is 2.20. The molecule has 0 aliphatic rings.